The Morgan fingerprint density at radius 1 is 1.24 bits per heavy atom. The van der Waals surface area contributed by atoms with Gasteiger partial charge in [0.1, 0.15) is 11.2 Å². The summed E-state index contributed by atoms with van der Waals surface area (Å²) in [7, 11) is 2.12. The van der Waals surface area contributed by atoms with Crippen molar-refractivity contribution in [1.29, 1.82) is 0 Å². The van der Waals surface area contributed by atoms with Crippen molar-refractivity contribution in [3.8, 4) is 0 Å². The number of hydrogen-bond donors (Lipinski definition) is 2. The van der Waals surface area contributed by atoms with Crippen LogP contribution in [-0.2, 0) is 16.0 Å². The highest BCUT2D eigenvalue weighted by molar-refractivity contribution is 7.17. The normalized spacial score (nSPS) is 24.8. The van der Waals surface area contributed by atoms with Crippen molar-refractivity contribution >= 4 is 28.2 Å². The van der Waals surface area contributed by atoms with Gasteiger partial charge in [-0.1, -0.05) is 0 Å². The van der Waals surface area contributed by atoms with Gasteiger partial charge in [0.15, 0.2) is 0 Å². The van der Waals surface area contributed by atoms with E-state index in [9.17, 15) is 9.59 Å². The summed E-state index contributed by atoms with van der Waals surface area (Å²) in [5, 5.41) is 3.53. The summed E-state index contributed by atoms with van der Waals surface area (Å²) in [6, 6.07) is 0. The number of hydrogen-bond acceptors (Lipinski definition) is 6. The highest BCUT2D eigenvalue weighted by atomic mass is 32.1. The molecule has 136 valence electrons. The zero-order valence-corrected chi connectivity index (χ0v) is 15.2. The Hall–Kier alpha value is -1.48. The van der Waals surface area contributed by atoms with E-state index < -0.39 is 5.91 Å². The van der Waals surface area contributed by atoms with Gasteiger partial charge in [0.25, 0.3) is 5.91 Å². The van der Waals surface area contributed by atoms with Crippen LogP contribution in [0.4, 0.5) is 5.00 Å². The molecule has 2 amide bonds. The average molecular weight is 364 g/mol. The second kappa shape index (κ2) is 6.68. The van der Waals surface area contributed by atoms with Gasteiger partial charge in [-0.25, -0.2) is 0 Å². The second-order valence-corrected chi connectivity index (χ2v) is 8.14. The van der Waals surface area contributed by atoms with Gasteiger partial charge in [-0.05, 0) is 31.9 Å². The molecule has 8 heteroatoms. The summed E-state index contributed by atoms with van der Waals surface area (Å²) in [6.45, 7) is 4.41. The number of thiophene rings is 1. The summed E-state index contributed by atoms with van der Waals surface area (Å²) in [5.74, 6) is -0.384. The van der Waals surface area contributed by atoms with Crippen molar-refractivity contribution < 1.29 is 14.3 Å². The predicted molar refractivity (Wildman–Crippen MR) is 95.7 cm³/mol. The Morgan fingerprint density at radius 2 is 1.96 bits per heavy atom. The number of carbonyl (C=O) groups is 2. The number of rotatable bonds is 4. The summed E-state index contributed by atoms with van der Waals surface area (Å²) >= 11 is 1.45. The first-order valence-corrected chi connectivity index (χ1v) is 9.66. The first-order valence-electron chi connectivity index (χ1n) is 8.85. The van der Waals surface area contributed by atoms with Crippen LogP contribution in [0.3, 0.4) is 0 Å². The molecule has 0 bridgehead atoms. The number of fused-ring (bicyclic) bond motifs is 1. The van der Waals surface area contributed by atoms with Crippen molar-refractivity contribution in [2.24, 2.45) is 11.7 Å². The number of piperazine rings is 1. The molecule has 0 spiro atoms. The molecule has 7 nitrogen and oxygen atoms in total. The second-order valence-electron chi connectivity index (χ2n) is 7.09. The molecule has 1 saturated heterocycles. The van der Waals surface area contributed by atoms with Crippen molar-refractivity contribution in [2.75, 3.05) is 45.2 Å². The molecule has 2 aliphatic heterocycles. The lowest BCUT2D eigenvalue weighted by atomic mass is 10.0. The maximum Gasteiger partial charge on any atom is 0.251 e. The molecular weight excluding hydrogens is 340 g/mol. The van der Waals surface area contributed by atoms with Crippen LogP contribution >= 0.6 is 11.3 Å². The van der Waals surface area contributed by atoms with Crippen molar-refractivity contribution in [2.45, 2.75) is 25.5 Å². The number of nitrogens with two attached hydrogens (primary N) is 1. The highest BCUT2D eigenvalue weighted by Crippen LogP contribution is 2.43. The Bertz CT molecular complexity index is 692. The van der Waals surface area contributed by atoms with Crippen molar-refractivity contribution in [3.05, 3.63) is 16.0 Å². The van der Waals surface area contributed by atoms with Crippen molar-refractivity contribution in [3.63, 3.8) is 0 Å². The van der Waals surface area contributed by atoms with Gasteiger partial charge in [-0.3, -0.25) is 14.5 Å². The summed E-state index contributed by atoms with van der Waals surface area (Å²) in [5.41, 5.74) is 7.09. The molecule has 1 saturated carbocycles. The number of anilines is 1. The fraction of sp³-hybridized carbons (Fsp3) is 0.647. The van der Waals surface area contributed by atoms with E-state index in [0.29, 0.717) is 23.6 Å². The van der Waals surface area contributed by atoms with Gasteiger partial charge < -0.3 is 20.7 Å². The first kappa shape index (κ1) is 17.0. The number of likely N-dealkylation sites (N-methyl/N-ethyl adjacent to an activating group) is 1. The van der Waals surface area contributed by atoms with Crippen LogP contribution in [0, 0.1) is 5.92 Å². The molecule has 3 N–H and O–H groups in total. The maximum atomic E-state index is 12.2. The topological polar surface area (TPSA) is 87.9 Å². The Morgan fingerprint density at radius 3 is 2.60 bits per heavy atom. The lowest BCUT2D eigenvalue weighted by Crippen LogP contribution is -2.47. The molecule has 1 aromatic rings. The zero-order chi connectivity index (χ0) is 17.6. The van der Waals surface area contributed by atoms with Gasteiger partial charge in [0.2, 0.25) is 5.91 Å². The van der Waals surface area contributed by atoms with Gasteiger partial charge in [-0.15, -0.1) is 11.3 Å². The van der Waals surface area contributed by atoms with E-state index in [1.807, 2.05) is 0 Å². The molecule has 3 aliphatic rings. The molecular formula is C17H24N4O3S. The van der Waals surface area contributed by atoms with E-state index in [-0.39, 0.29) is 18.1 Å². The molecule has 4 rings (SSSR count). The van der Waals surface area contributed by atoms with Crippen LogP contribution in [-0.4, -0.2) is 61.4 Å². The standard InChI is InChI=1S/C17H24N4O3S/c1-20-5-7-21(8-6-20)17-13-11(4-9-24-17)12(14(18)22)16(25-13)19-15(23)10-2-3-10/h10,17H,2-9H2,1H3,(H2,18,22)(H,19,23). The van der Waals surface area contributed by atoms with E-state index in [0.717, 1.165) is 49.5 Å². The number of nitrogens with zero attached hydrogens (tertiary/aromatic N) is 2. The van der Waals surface area contributed by atoms with Crippen LogP contribution in [0.2, 0.25) is 0 Å². The van der Waals surface area contributed by atoms with Crippen LogP contribution in [0.1, 0.15) is 39.9 Å². The van der Waals surface area contributed by atoms with E-state index in [1.54, 1.807) is 0 Å². The van der Waals surface area contributed by atoms with E-state index >= 15 is 0 Å². The Labute approximate surface area is 151 Å². The SMILES string of the molecule is CN1CCN(C2OCCc3c2sc(NC(=O)C2CC2)c3C(N)=O)CC1. The van der Waals surface area contributed by atoms with Gasteiger partial charge >= 0.3 is 0 Å². The molecule has 0 aromatic carbocycles. The number of ether oxygens (including phenoxy) is 1. The number of carbonyl (C=O) groups excluding carboxylic acids is 2. The fourth-order valence-corrected chi connectivity index (χ4v) is 4.86. The Balaban J connectivity index is 1.64. The quantitative estimate of drug-likeness (QED) is 0.833. The zero-order valence-electron chi connectivity index (χ0n) is 14.4. The molecule has 1 atom stereocenters. The van der Waals surface area contributed by atoms with Crippen LogP contribution in [0.15, 0.2) is 0 Å². The van der Waals surface area contributed by atoms with Crippen LogP contribution < -0.4 is 11.1 Å². The number of nitrogens with one attached hydrogen (secondary N) is 1. The largest absolute Gasteiger partial charge is 0.365 e. The minimum absolute atomic E-state index is 0.00170. The van der Waals surface area contributed by atoms with Gasteiger partial charge in [-0.2, -0.15) is 0 Å². The lowest BCUT2D eigenvalue weighted by molar-refractivity contribution is -0.117. The molecule has 1 aliphatic carbocycles. The van der Waals surface area contributed by atoms with E-state index in [4.69, 9.17) is 10.5 Å². The lowest BCUT2D eigenvalue weighted by Gasteiger charge is -2.39. The molecule has 3 heterocycles. The van der Waals surface area contributed by atoms with Gasteiger partial charge in [0.05, 0.1) is 17.0 Å². The molecule has 2 fully saturated rings. The number of primary amides is 1. The molecule has 1 unspecified atom stereocenters. The third-order valence-electron chi connectivity index (χ3n) is 5.19. The molecule has 0 radical (unpaired) electrons. The summed E-state index contributed by atoms with van der Waals surface area (Å²) in [4.78, 5) is 29.9. The minimum Gasteiger partial charge on any atom is -0.365 e. The third-order valence-corrected chi connectivity index (χ3v) is 6.37. The Kier molecular flexibility index (Phi) is 4.53. The number of amides is 2. The summed E-state index contributed by atoms with van der Waals surface area (Å²) < 4.78 is 6.04. The highest BCUT2D eigenvalue weighted by Gasteiger charge is 2.36. The summed E-state index contributed by atoms with van der Waals surface area (Å²) in [6.07, 6.45) is 2.37. The van der Waals surface area contributed by atoms with E-state index in [1.165, 1.54) is 11.3 Å². The third kappa shape index (κ3) is 3.31. The monoisotopic (exact) mass is 364 g/mol. The first-order chi connectivity index (χ1) is 12.0. The van der Waals surface area contributed by atoms with Crippen LogP contribution in [0.25, 0.3) is 0 Å². The average Bonchev–Trinajstić information content (AvgIpc) is 3.36. The predicted octanol–water partition coefficient (Wildman–Crippen LogP) is 1.01. The van der Waals surface area contributed by atoms with E-state index in [2.05, 4.69) is 22.2 Å². The van der Waals surface area contributed by atoms with Gasteiger partial charge in [0, 0.05) is 32.1 Å². The smallest absolute Gasteiger partial charge is 0.251 e. The fourth-order valence-electron chi connectivity index (χ4n) is 3.51. The maximum absolute atomic E-state index is 12.2. The molecule has 1 aromatic heterocycles. The van der Waals surface area contributed by atoms with Crippen molar-refractivity contribution in [1.82, 2.24) is 9.80 Å². The van der Waals surface area contributed by atoms with Crippen LogP contribution in [0.5, 0.6) is 0 Å². The minimum atomic E-state index is -0.470. The molecule has 25 heavy (non-hydrogen) atoms.